The van der Waals surface area contributed by atoms with Gasteiger partial charge in [0.15, 0.2) is 0 Å². The van der Waals surface area contributed by atoms with Crippen molar-refractivity contribution >= 4 is 22.9 Å². The van der Waals surface area contributed by atoms with Gasteiger partial charge in [0, 0.05) is 18.2 Å². The molecular weight excluding hydrogens is 273 g/mol. The van der Waals surface area contributed by atoms with Crippen molar-refractivity contribution in [1.29, 1.82) is 0 Å². The first kappa shape index (κ1) is 12.7. The topological polar surface area (TPSA) is 43.3 Å². The molecule has 0 aliphatic rings. The summed E-state index contributed by atoms with van der Waals surface area (Å²) in [5, 5.41) is 0. The number of hydrogen-bond acceptors (Lipinski definition) is 2. The molecule has 2 N–H and O–H groups in total. The van der Waals surface area contributed by atoms with Gasteiger partial charge < -0.3 is 10.1 Å². The summed E-state index contributed by atoms with van der Waals surface area (Å²) in [6.45, 7) is 0. The Balaban J connectivity index is 2.23. The van der Waals surface area contributed by atoms with Crippen molar-refractivity contribution in [3.05, 3.63) is 60.2 Å². The van der Waals surface area contributed by atoms with Gasteiger partial charge in [-0.3, -0.25) is 0 Å². The van der Waals surface area contributed by atoms with Crippen LogP contribution in [0.5, 0.6) is 0 Å². The summed E-state index contributed by atoms with van der Waals surface area (Å²) in [5.74, 6) is -0.270. The molecule has 2 heterocycles. The molecule has 2 aromatic heterocycles. The van der Waals surface area contributed by atoms with E-state index >= 15 is 0 Å². The highest BCUT2D eigenvalue weighted by molar-refractivity contribution is 7.80. The lowest BCUT2D eigenvalue weighted by atomic mass is 10.1. The second-order valence-electron chi connectivity index (χ2n) is 4.49. The number of fused-ring (bicyclic) bond motifs is 1. The van der Waals surface area contributed by atoms with Crippen molar-refractivity contribution in [3.8, 4) is 11.3 Å². The SMILES string of the molecule is NC(=S)Cc1c(-c2ccc(F)cc2)nc2ccccn12. The zero-order chi connectivity index (χ0) is 14.1. The number of thiocarbonyl (C=S) groups is 1. The van der Waals surface area contributed by atoms with Crippen LogP contribution in [0.2, 0.25) is 0 Å². The lowest BCUT2D eigenvalue weighted by Crippen LogP contribution is -2.13. The van der Waals surface area contributed by atoms with Crippen LogP contribution in [0.4, 0.5) is 4.39 Å². The zero-order valence-electron chi connectivity index (χ0n) is 10.6. The minimum Gasteiger partial charge on any atom is -0.393 e. The summed E-state index contributed by atoms with van der Waals surface area (Å²) in [6, 6.07) is 12.0. The molecule has 0 atom stereocenters. The van der Waals surface area contributed by atoms with Gasteiger partial charge in [-0.2, -0.15) is 0 Å². The minimum absolute atomic E-state index is 0.270. The summed E-state index contributed by atoms with van der Waals surface area (Å²) >= 11 is 5.01. The fourth-order valence-corrected chi connectivity index (χ4v) is 2.36. The van der Waals surface area contributed by atoms with Crippen LogP contribution in [-0.4, -0.2) is 14.4 Å². The molecule has 0 aliphatic heterocycles. The Bertz CT molecular complexity index is 777. The number of rotatable bonds is 3. The van der Waals surface area contributed by atoms with Gasteiger partial charge in [0.25, 0.3) is 0 Å². The van der Waals surface area contributed by atoms with E-state index in [-0.39, 0.29) is 5.82 Å². The van der Waals surface area contributed by atoms with Crippen molar-refractivity contribution in [1.82, 2.24) is 9.38 Å². The number of imidazole rings is 1. The summed E-state index contributed by atoms with van der Waals surface area (Å²) in [5.41, 5.74) is 9.04. The summed E-state index contributed by atoms with van der Waals surface area (Å²) in [4.78, 5) is 4.99. The van der Waals surface area contributed by atoms with Gasteiger partial charge in [0.05, 0.1) is 16.4 Å². The number of nitrogens with two attached hydrogens (primary N) is 1. The van der Waals surface area contributed by atoms with Gasteiger partial charge in [-0.25, -0.2) is 9.37 Å². The lowest BCUT2D eigenvalue weighted by Gasteiger charge is -2.04. The van der Waals surface area contributed by atoms with Crippen LogP contribution in [0, 0.1) is 5.82 Å². The number of benzene rings is 1. The molecule has 0 aliphatic carbocycles. The monoisotopic (exact) mass is 285 g/mol. The maximum atomic E-state index is 13.1. The predicted molar refractivity (Wildman–Crippen MR) is 81.1 cm³/mol. The molecule has 5 heteroatoms. The third kappa shape index (κ3) is 2.28. The largest absolute Gasteiger partial charge is 0.393 e. The Labute approximate surface area is 120 Å². The average Bonchev–Trinajstić information content (AvgIpc) is 2.78. The van der Waals surface area contributed by atoms with E-state index in [4.69, 9.17) is 18.0 Å². The first-order valence-electron chi connectivity index (χ1n) is 6.15. The Morgan fingerprint density at radius 1 is 1.20 bits per heavy atom. The van der Waals surface area contributed by atoms with E-state index in [0.29, 0.717) is 11.4 Å². The van der Waals surface area contributed by atoms with E-state index in [2.05, 4.69) is 4.98 Å². The summed E-state index contributed by atoms with van der Waals surface area (Å²) in [7, 11) is 0. The van der Waals surface area contributed by atoms with E-state index < -0.39 is 0 Å². The Morgan fingerprint density at radius 2 is 1.95 bits per heavy atom. The third-order valence-corrected chi connectivity index (χ3v) is 3.23. The van der Waals surface area contributed by atoms with Crippen molar-refractivity contribution in [2.45, 2.75) is 6.42 Å². The molecule has 0 bridgehead atoms. The zero-order valence-corrected chi connectivity index (χ0v) is 11.4. The standard InChI is InChI=1S/C15H12FN3S/c16-11-6-4-10(5-7-11)15-12(9-13(17)20)19-8-2-1-3-14(19)18-15/h1-8H,9H2,(H2,17,20). The smallest absolute Gasteiger partial charge is 0.137 e. The molecule has 0 spiro atoms. The van der Waals surface area contributed by atoms with Crippen LogP contribution in [0.1, 0.15) is 5.69 Å². The molecule has 20 heavy (non-hydrogen) atoms. The van der Waals surface area contributed by atoms with Gasteiger partial charge in [-0.1, -0.05) is 18.3 Å². The molecule has 0 unspecified atom stereocenters. The highest BCUT2D eigenvalue weighted by Gasteiger charge is 2.14. The molecule has 0 amide bonds. The fraction of sp³-hybridized carbons (Fsp3) is 0.0667. The summed E-state index contributed by atoms with van der Waals surface area (Å²) < 4.78 is 15.0. The Morgan fingerprint density at radius 3 is 2.65 bits per heavy atom. The predicted octanol–water partition coefficient (Wildman–Crippen LogP) is 2.97. The molecule has 0 saturated carbocycles. The second kappa shape index (κ2) is 5.02. The van der Waals surface area contributed by atoms with Crippen LogP contribution >= 0.6 is 12.2 Å². The van der Waals surface area contributed by atoms with Gasteiger partial charge in [-0.05, 0) is 36.4 Å². The first-order valence-corrected chi connectivity index (χ1v) is 6.56. The molecule has 3 nitrogen and oxygen atoms in total. The maximum Gasteiger partial charge on any atom is 0.137 e. The first-order chi connectivity index (χ1) is 9.65. The van der Waals surface area contributed by atoms with Crippen molar-refractivity contribution in [3.63, 3.8) is 0 Å². The van der Waals surface area contributed by atoms with Crippen LogP contribution in [0.15, 0.2) is 48.7 Å². The molecule has 0 saturated heterocycles. The number of nitrogens with zero attached hydrogens (tertiary/aromatic N) is 2. The van der Waals surface area contributed by atoms with E-state index in [1.54, 1.807) is 12.1 Å². The molecule has 0 fully saturated rings. The maximum absolute atomic E-state index is 13.1. The van der Waals surface area contributed by atoms with Crippen LogP contribution in [0.3, 0.4) is 0 Å². The number of pyridine rings is 1. The average molecular weight is 285 g/mol. The van der Waals surface area contributed by atoms with Crippen LogP contribution in [0.25, 0.3) is 16.9 Å². The van der Waals surface area contributed by atoms with E-state index in [1.165, 1.54) is 12.1 Å². The van der Waals surface area contributed by atoms with Crippen LogP contribution in [-0.2, 0) is 6.42 Å². The molecular formula is C15H12FN3S. The minimum atomic E-state index is -0.270. The third-order valence-electron chi connectivity index (χ3n) is 3.09. The van der Waals surface area contributed by atoms with Gasteiger partial charge in [-0.15, -0.1) is 0 Å². The molecule has 3 aromatic rings. The highest BCUT2D eigenvalue weighted by Crippen LogP contribution is 2.25. The molecule has 1 aromatic carbocycles. The van der Waals surface area contributed by atoms with Gasteiger partial charge in [0.2, 0.25) is 0 Å². The normalized spacial score (nSPS) is 10.8. The van der Waals surface area contributed by atoms with Crippen molar-refractivity contribution in [2.75, 3.05) is 0 Å². The summed E-state index contributed by atoms with van der Waals surface area (Å²) in [6.07, 6.45) is 2.37. The Kier molecular flexibility index (Phi) is 3.20. The van der Waals surface area contributed by atoms with E-state index in [0.717, 1.165) is 22.6 Å². The van der Waals surface area contributed by atoms with Gasteiger partial charge in [0.1, 0.15) is 11.5 Å². The molecule has 3 rings (SSSR count). The number of hydrogen-bond donors (Lipinski definition) is 1. The molecule has 100 valence electrons. The lowest BCUT2D eigenvalue weighted by molar-refractivity contribution is 0.628. The van der Waals surface area contributed by atoms with E-state index in [1.807, 2.05) is 28.8 Å². The Hall–Kier alpha value is -2.27. The fourth-order valence-electron chi connectivity index (χ4n) is 2.22. The highest BCUT2D eigenvalue weighted by atomic mass is 32.1. The van der Waals surface area contributed by atoms with Crippen molar-refractivity contribution < 1.29 is 4.39 Å². The van der Waals surface area contributed by atoms with Crippen LogP contribution < -0.4 is 5.73 Å². The second-order valence-corrected chi connectivity index (χ2v) is 5.01. The number of aromatic nitrogens is 2. The molecule has 0 radical (unpaired) electrons. The van der Waals surface area contributed by atoms with Gasteiger partial charge >= 0.3 is 0 Å². The van der Waals surface area contributed by atoms with E-state index in [9.17, 15) is 4.39 Å². The number of halogens is 1. The quantitative estimate of drug-likeness (QED) is 0.752. The van der Waals surface area contributed by atoms with Crippen molar-refractivity contribution in [2.24, 2.45) is 5.73 Å².